The van der Waals surface area contributed by atoms with Gasteiger partial charge in [-0.1, -0.05) is 0 Å². The van der Waals surface area contributed by atoms with E-state index in [4.69, 9.17) is 9.26 Å². The lowest BCUT2D eigenvalue weighted by Gasteiger charge is -2.03. The number of aromatic nitrogens is 1. The van der Waals surface area contributed by atoms with Crippen LogP contribution in [0, 0.1) is 0 Å². The lowest BCUT2D eigenvalue weighted by Crippen LogP contribution is -2.10. The number of ether oxygens (including phenoxy) is 1. The highest BCUT2D eigenvalue weighted by molar-refractivity contribution is 6.02. The molecule has 98 valence electrons. The number of methoxy groups -OCH3 is 1. The van der Waals surface area contributed by atoms with Gasteiger partial charge >= 0.3 is 0 Å². The number of hydrogen-bond donors (Lipinski definition) is 1. The van der Waals surface area contributed by atoms with Crippen LogP contribution in [-0.4, -0.2) is 24.0 Å². The zero-order valence-corrected chi connectivity index (χ0v) is 10.5. The highest BCUT2D eigenvalue weighted by Gasteiger charge is 2.13. The first-order chi connectivity index (χ1) is 9.10. The third-order valence-corrected chi connectivity index (χ3v) is 2.47. The Morgan fingerprint density at radius 1 is 1.26 bits per heavy atom. The lowest BCUT2D eigenvalue weighted by molar-refractivity contribution is 0.0986. The molecule has 0 saturated carbocycles. The van der Waals surface area contributed by atoms with Crippen molar-refractivity contribution in [2.24, 2.45) is 0 Å². The standard InChI is InChI=1S/C13H12N2O4/c1-8(16)9-3-5-10(6-4-9)14-13(17)11-7-12(18-2)15-19-11/h3-7H,1-2H3,(H,14,17). The van der Waals surface area contributed by atoms with Crippen molar-refractivity contribution in [1.82, 2.24) is 5.16 Å². The van der Waals surface area contributed by atoms with Crippen molar-refractivity contribution in [3.63, 3.8) is 0 Å². The van der Waals surface area contributed by atoms with Gasteiger partial charge in [-0.3, -0.25) is 9.59 Å². The van der Waals surface area contributed by atoms with Crippen molar-refractivity contribution in [1.29, 1.82) is 0 Å². The van der Waals surface area contributed by atoms with E-state index in [0.29, 0.717) is 11.3 Å². The molecule has 19 heavy (non-hydrogen) atoms. The second-order valence-electron chi connectivity index (χ2n) is 3.82. The molecule has 2 rings (SSSR count). The number of carbonyl (C=O) groups is 2. The Morgan fingerprint density at radius 2 is 1.95 bits per heavy atom. The summed E-state index contributed by atoms with van der Waals surface area (Å²) in [5, 5.41) is 6.15. The smallest absolute Gasteiger partial charge is 0.294 e. The summed E-state index contributed by atoms with van der Waals surface area (Å²) in [6, 6.07) is 7.95. The Bertz CT molecular complexity index is 601. The summed E-state index contributed by atoms with van der Waals surface area (Å²) in [5.74, 6) is -0.186. The zero-order valence-electron chi connectivity index (χ0n) is 10.5. The predicted octanol–water partition coefficient (Wildman–Crippen LogP) is 2.14. The van der Waals surface area contributed by atoms with Crippen LogP contribution in [0.4, 0.5) is 5.69 Å². The van der Waals surface area contributed by atoms with Crippen molar-refractivity contribution in [2.45, 2.75) is 6.92 Å². The number of anilines is 1. The zero-order chi connectivity index (χ0) is 13.8. The number of Topliss-reactive ketones (excluding diaryl/α,β-unsaturated/α-hetero) is 1. The number of benzene rings is 1. The topological polar surface area (TPSA) is 81.4 Å². The van der Waals surface area contributed by atoms with Crippen molar-refractivity contribution < 1.29 is 18.8 Å². The second kappa shape index (κ2) is 5.34. The third kappa shape index (κ3) is 2.98. The van der Waals surface area contributed by atoms with Crippen LogP contribution in [0.5, 0.6) is 5.88 Å². The van der Waals surface area contributed by atoms with Gasteiger partial charge in [-0.25, -0.2) is 0 Å². The molecule has 0 aliphatic carbocycles. The summed E-state index contributed by atoms with van der Waals surface area (Å²) in [6.45, 7) is 1.48. The molecule has 1 aromatic heterocycles. The number of nitrogens with one attached hydrogen (secondary N) is 1. The first kappa shape index (κ1) is 12.8. The molecule has 6 nitrogen and oxygen atoms in total. The average molecular weight is 260 g/mol. The van der Waals surface area contributed by atoms with E-state index in [-0.39, 0.29) is 17.4 Å². The van der Waals surface area contributed by atoms with Gasteiger partial charge in [0.2, 0.25) is 5.76 Å². The molecule has 0 unspecified atom stereocenters. The Balaban J connectivity index is 2.08. The maximum atomic E-state index is 11.8. The fourth-order valence-electron chi connectivity index (χ4n) is 1.44. The van der Waals surface area contributed by atoms with Gasteiger partial charge < -0.3 is 14.6 Å². The van der Waals surface area contributed by atoms with E-state index in [1.807, 2.05) is 0 Å². The molecule has 0 spiro atoms. The second-order valence-corrected chi connectivity index (χ2v) is 3.82. The van der Waals surface area contributed by atoms with Gasteiger partial charge in [0, 0.05) is 11.3 Å². The van der Waals surface area contributed by atoms with Gasteiger partial charge in [0.15, 0.2) is 5.78 Å². The van der Waals surface area contributed by atoms with Gasteiger partial charge in [0.25, 0.3) is 11.8 Å². The first-order valence-electron chi connectivity index (χ1n) is 5.53. The summed E-state index contributed by atoms with van der Waals surface area (Å²) in [4.78, 5) is 22.9. The Hall–Kier alpha value is -2.63. The van der Waals surface area contributed by atoms with E-state index in [1.165, 1.54) is 20.1 Å². The molecule has 0 radical (unpaired) electrons. The van der Waals surface area contributed by atoms with Crippen LogP contribution in [0.2, 0.25) is 0 Å². The molecule has 2 aromatic rings. The summed E-state index contributed by atoms with van der Waals surface area (Å²) in [6.07, 6.45) is 0. The molecular weight excluding hydrogens is 248 g/mol. The molecule has 1 N–H and O–H groups in total. The van der Waals surface area contributed by atoms with Crippen molar-refractivity contribution in [3.8, 4) is 5.88 Å². The number of rotatable bonds is 4. The van der Waals surface area contributed by atoms with Gasteiger partial charge in [0.1, 0.15) is 0 Å². The van der Waals surface area contributed by atoms with Crippen LogP contribution in [0.1, 0.15) is 27.8 Å². The van der Waals surface area contributed by atoms with Crippen molar-refractivity contribution >= 4 is 17.4 Å². The fourth-order valence-corrected chi connectivity index (χ4v) is 1.44. The first-order valence-corrected chi connectivity index (χ1v) is 5.53. The summed E-state index contributed by atoms with van der Waals surface area (Å²) < 4.78 is 9.63. The average Bonchev–Trinajstić information content (AvgIpc) is 2.88. The highest BCUT2D eigenvalue weighted by Crippen LogP contribution is 2.14. The Morgan fingerprint density at radius 3 is 2.47 bits per heavy atom. The molecule has 0 fully saturated rings. The van der Waals surface area contributed by atoms with E-state index in [2.05, 4.69) is 10.5 Å². The Labute approximate surface area is 109 Å². The number of nitrogens with zero attached hydrogens (tertiary/aromatic N) is 1. The van der Waals surface area contributed by atoms with E-state index in [0.717, 1.165) is 0 Å². The minimum Gasteiger partial charge on any atom is -0.479 e. The fraction of sp³-hybridized carbons (Fsp3) is 0.154. The van der Waals surface area contributed by atoms with E-state index in [1.54, 1.807) is 24.3 Å². The monoisotopic (exact) mass is 260 g/mol. The van der Waals surface area contributed by atoms with E-state index in [9.17, 15) is 9.59 Å². The van der Waals surface area contributed by atoms with Gasteiger partial charge in [-0.15, -0.1) is 0 Å². The summed E-state index contributed by atoms with van der Waals surface area (Å²) in [7, 11) is 1.43. The maximum Gasteiger partial charge on any atom is 0.294 e. The summed E-state index contributed by atoms with van der Waals surface area (Å²) >= 11 is 0. The van der Waals surface area contributed by atoms with Crippen LogP contribution in [-0.2, 0) is 0 Å². The van der Waals surface area contributed by atoms with Crippen LogP contribution in [0.25, 0.3) is 0 Å². The largest absolute Gasteiger partial charge is 0.479 e. The molecule has 0 bridgehead atoms. The van der Waals surface area contributed by atoms with Crippen LogP contribution >= 0.6 is 0 Å². The van der Waals surface area contributed by atoms with Crippen LogP contribution < -0.4 is 10.1 Å². The number of ketones is 1. The SMILES string of the molecule is COc1cc(C(=O)Nc2ccc(C(C)=O)cc2)on1. The van der Waals surface area contributed by atoms with Crippen molar-refractivity contribution in [2.75, 3.05) is 12.4 Å². The minimum atomic E-state index is -0.439. The van der Waals surface area contributed by atoms with Crippen LogP contribution in [0.3, 0.4) is 0 Å². The Kier molecular flexibility index (Phi) is 3.61. The molecule has 1 amide bonds. The highest BCUT2D eigenvalue weighted by atomic mass is 16.5. The molecule has 0 atom stereocenters. The molecule has 1 aromatic carbocycles. The third-order valence-electron chi connectivity index (χ3n) is 2.47. The number of carbonyl (C=O) groups excluding carboxylic acids is 2. The summed E-state index contributed by atoms with van der Waals surface area (Å²) in [5.41, 5.74) is 1.14. The molecule has 0 saturated heterocycles. The normalized spacial score (nSPS) is 10.0. The maximum absolute atomic E-state index is 11.8. The van der Waals surface area contributed by atoms with E-state index < -0.39 is 5.91 Å². The van der Waals surface area contributed by atoms with Gasteiger partial charge in [-0.2, -0.15) is 0 Å². The van der Waals surface area contributed by atoms with Crippen molar-refractivity contribution in [3.05, 3.63) is 41.7 Å². The van der Waals surface area contributed by atoms with Gasteiger partial charge in [-0.05, 0) is 36.3 Å². The molecule has 1 heterocycles. The number of hydrogen-bond acceptors (Lipinski definition) is 5. The molecular formula is C13H12N2O4. The van der Waals surface area contributed by atoms with Crippen LogP contribution in [0.15, 0.2) is 34.9 Å². The molecule has 6 heteroatoms. The predicted molar refractivity (Wildman–Crippen MR) is 67.5 cm³/mol. The lowest BCUT2D eigenvalue weighted by atomic mass is 10.1. The van der Waals surface area contributed by atoms with E-state index >= 15 is 0 Å². The minimum absolute atomic E-state index is 0.0298. The van der Waals surface area contributed by atoms with Gasteiger partial charge in [0.05, 0.1) is 13.2 Å². The quantitative estimate of drug-likeness (QED) is 0.852. The number of amides is 1. The molecule has 0 aliphatic heterocycles. The molecule has 0 aliphatic rings.